The van der Waals surface area contributed by atoms with Gasteiger partial charge in [0.05, 0.1) is 24.0 Å². The van der Waals surface area contributed by atoms with Crippen LogP contribution in [0.5, 0.6) is 5.75 Å². The molecule has 0 aliphatic carbocycles. The number of nitrogens with two attached hydrogens (primary N) is 1. The SMILES string of the molecule is COc1ccc(S(=O)(=O)N(C)Cc2ccoc2C)cc1N. The van der Waals surface area contributed by atoms with Gasteiger partial charge in [-0.05, 0) is 31.2 Å². The third kappa shape index (κ3) is 3.03. The molecule has 2 aromatic rings. The number of benzene rings is 1. The molecule has 0 radical (unpaired) electrons. The van der Waals surface area contributed by atoms with Gasteiger partial charge in [0.25, 0.3) is 0 Å². The van der Waals surface area contributed by atoms with Crippen molar-refractivity contribution in [3.63, 3.8) is 0 Å². The molecular formula is C14H18N2O4S. The van der Waals surface area contributed by atoms with E-state index in [0.29, 0.717) is 11.5 Å². The number of methoxy groups -OCH3 is 1. The molecule has 0 saturated heterocycles. The number of hydrogen-bond donors (Lipinski definition) is 1. The molecule has 0 unspecified atom stereocenters. The highest BCUT2D eigenvalue weighted by molar-refractivity contribution is 7.89. The first-order valence-electron chi connectivity index (χ1n) is 6.29. The van der Waals surface area contributed by atoms with E-state index in [4.69, 9.17) is 14.9 Å². The van der Waals surface area contributed by atoms with Crippen LogP contribution in [0.3, 0.4) is 0 Å². The summed E-state index contributed by atoms with van der Waals surface area (Å²) in [6.07, 6.45) is 1.54. The molecule has 6 nitrogen and oxygen atoms in total. The highest BCUT2D eigenvalue weighted by Crippen LogP contribution is 2.26. The average molecular weight is 310 g/mol. The van der Waals surface area contributed by atoms with E-state index in [1.54, 1.807) is 19.1 Å². The average Bonchev–Trinajstić information content (AvgIpc) is 2.84. The second-order valence-electron chi connectivity index (χ2n) is 4.67. The molecule has 1 heterocycles. The van der Waals surface area contributed by atoms with Crippen LogP contribution in [-0.4, -0.2) is 26.9 Å². The molecule has 0 bridgehead atoms. The van der Waals surface area contributed by atoms with Gasteiger partial charge in [0, 0.05) is 19.2 Å². The Hall–Kier alpha value is -1.99. The van der Waals surface area contributed by atoms with Gasteiger partial charge in [-0.3, -0.25) is 0 Å². The molecule has 114 valence electrons. The van der Waals surface area contributed by atoms with Crippen LogP contribution < -0.4 is 10.5 Å². The Bertz CT molecular complexity index is 737. The zero-order valence-corrected chi connectivity index (χ0v) is 13.0. The topological polar surface area (TPSA) is 85.8 Å². The molecule has 0 spiro atoms. The van der Waals surface area contributed by atoms with Crippen molar-refractivity contribution in [1.82, 2.24) is 4.31 Å². The van der Waals surface area contributed by atoms with E-state index in [1.165, 1.54) is 36.9 Å². The van der Waals surface area contributed by atoms with E-state index in [1.807, 2.05) is 0 Å². The number of ether oxygens (including phenoxy) is 1. The Morgan fingerprint density at radius 2 is 2.05 bits per heavy atom. The van der Waals surface area contributed by atoms with Gasteiger partial charge >= 0.3 is 0 Å². The molecule has 1 aromatic carbocycles. The molecule has 2 rings (SSSR count). The van der Waals surface area contributed by atoms with Crippen LogP contribution in [0, 0.1) is 6.92 Å². The van der Waals surface area contributed by atoms with Crippen LogP contribution in [0.4, 0.5) is 5.69 Å². The van der Waals surface area contributed by atoms with Crippen LogP contribution in [0.2, 0.25) is 0 Å². The van der Waals surface area contributed by atoms with Gasteiger partial charge in [-0.1, -0.05) is 0 Å². The van der Waals surface area contributed by atoms with Gasteiger partial charge in [-0.2, -0.15) is 4.31 Å². The molecule has 0 aliphatic heterocycles. The molecule has 2 N–H and O–H groups in total. The van der Waals surface area contributed by atoms with Crippen molar-refractivity contribution in [2.75, 3.05) is 19.9 Å². The van der Waals surface area contributed by atoms with Crippen molar-refractivity contribution in [2.24, 2.45) is 0 Å². The maximum absolute atomic E-state index is 12.5. The number of rotatable bonds is 5. The van der Waals surface area contributed by atoms with Crippen molar-refractivity contribution in [2.45, 2.75) is 18.4 Å². The smallest absolute Gasteiger partial charge is 0.243 e. The van der Waals surface area contributed by atoms with E-state index in [9.17, 15) is 8.42 Å². The molecule has 21 heavy (non-hydrogen) atoms. The lowest BCUT2D eigenvalue weighted by Gasteiger charge is -2.17. The summed E-state index contributed by atoms with van der Waals surface area (Å²) in [6, 6.07) is 6.17. The monoisotopic (exact) mass is 310 g/mol. The van der Waals surface area contributed by atoms with E-state index in [0.717, 1.165) is 5.56 Å². The van der Waals surface area contributed by atoms with E-state index >= 15 is 0 Å². The van der Waals surface area contributed by atoms with Gasteiger partial charge < -0.3 is 14.9 Å². The first-order chi connectivity index (χ1) is 9.86. The second kappa shape index (κ2) is 5.79. The Kier molecular flexibility index (Phi) is 4.24. The van der Waals surface area contributed by atoms with Crippen molar-refractivity contribution in [1.29, 1.82) is 0 Å². The van der Waals surface area contributed by atoms with Gasteiger partial charge in [0.2, 0.25) is 10.0 Å². The first-order valence-corrected chi connectivity index (χ1v) is 7.73. The summed E-state index contributed by atoms with van der Waals surface area (Å²) in [4.78, 5) is 0.129. The summed E-state index contributed by atoms with van der Waals surface area (Å²) in [7, 11) is -0.627. The Labute approximate surface area is 124 Å². The van der Waals surface area contributed by atoms with Crippen LogP contribution in [-0.2, 0) is 16.6 Å². The third-order valence-corrected chi connectivity index (χ3v) is 5.07. The summed E-state index contributed by atoms with van der Waals surface area (Å²) >= 11 is 0. The maximum Gasteiger partial charge on any atom is 0.243 e. The van der Waals surface area contributed by atoms with Crippen LogP contribution in [0.15, 0.2) is 39.8 Å². The Morgan fingerprint density at radius 3 is 2.57 bits per heavy atom. The fraction of sp³-hybridized carbons (Fsp3) is 0.286. The zero-order chi connectivity index (χ0) is 15.6. The predicted octanol–water partition coefficient (Wildman–Crippen LogP) is 2.00. The number of aryl methyl sites for hydroxylation is 1. The number of anilines is 1. The van der Waals surface area contributed by atoms with Crippen molar-refractivity contribution < 1.29 is 17.6 Å². The van der Waals surface area contributed by atoms with Crippen molar-refractivity contribution in [3.8, 4) is 5.75 Å². The molecular weight excluding hydrogens is 292 g/mol. The first kappa shape index (κ1) is 15.4. The molecule has 0 amide bonds. The van der Waals surface area contributed by atoms with Crippen LogP contribution in [0.1, 0.15) is 11.3 Å². The predicted molar refractivity (Wildman–Crippen MR) is 79.5 cm³/mol. The lowest BCUT2D eigenvalue weighted by molar-refractivity contribution is 0.416. The number of nitrogen functional groups attached to an aromatic ring is 1. The fourth-order valence-corrected chi connectivity index (χ4v) is 3.14. The minimum atomic E-state index is -3.62. The lowest BCUT2D eigenvalue weighted by Crippen LogP contribution is -2.26. The zero-order valence-electron chi connectivity index (χ0n) is 12.2. The molecule has 1 aromatic heterocycles. The van der Waals surface area contributed by atoms with Crippen molar-refractivity contribution >= 4 is 15.7 Å². The number of hydrogen-bond acceptors (Lipinski definition) is 5. The molecule has 7 heteroatoms. The summed E-state index contributed by atoms with van der Waals surface area (Å²) in [6.45, 7) is 2.03. The van der Waals surface area contributed by atoms with Gasteiger partial charge in [0.1, 0.15) is 11.5 Å². The van der Waals surface area contributed by atoms with Crippen molar-refractivity contribution in [3.05, 3.63) is 41.9 Å². The third-order valence-electron chi connectivity index (χ3n) is 3.27. The number of furan rings is 1. The van der Waals surface area contributed by atoms with E-state index in [-0.39, 0.29) is 17.1 Å². The lowest BCUT2D eigenvalue weighted by atomic mass is 10.3. The highest BCUT2D eigenvalue weighted by atomic mass is 32.2. The quantitative estimate of drug-likeness (QED) is 0.854. The largest absolute Gasteiger partial charge is 0.495 e. The minimum Gasteiger partial charge on any atom is -0.495 e. The normalized spacial score (nSPS) is 11.8. The number of sulfonamides is 1. The summed E-state index contributed by atoms with van der Waals surface area (Å²) in [5.41, 5.74) is 6.87. The van der Waals surface area contributed by atoms with Gasteiger partial charge in [0.15, 0.2) is 0 Å². The van der Waals surface area contributed by atoms with Gasteiger partial charge in [-0.25, -0.2) is 8.42 Å². The summed E-state index contributed by atoms with van der Waals surface area (Å²) in [5.74, 6) is 1.15. The summed E-state index contributed by atoms with van der Waals surface area (Å²) < 4.78 is 36.5. The molecule has 0 aliphatic rings. The second-order valence-corrected chi connectivity index (χ2v) is 6.71. The van der Waals surface area contributed by atoms with Crippen LogP contribution in [0.25, 0.3) is 0 Å². The minimum absolute atomic E-state index is 0.129. The molecule has 0 fully saturated rings. The van der Waals surface area contributed by atoms with E-state index in [2.05, 4.69) is 0 Å². The maximum atomic E-state index is 12.5. The van der Waals surface area contributed by atoms with Crippen LogP contribution >= 0.6 is 0 Å². The fourth-order valence-electron chi connectivity index (χ4n) is 1.95. The molecule has 0 atom stereocenters. The standard InChI is InChI=1S/C14H18N2O4S/c1-10-11(6-7-20-10)9-16(2)21(17,18)12-4-5-14(19-3)13(15)8-12/h4-8H,9,15H2,1-3H3. The Morgan fingerprint density at radius 1 is 1.33 bits per heavy atom. The highest BCUT2D eigenvalue weighted by Gasteiger charge is 2.22. The Balaban J connectivity index is 2.29. The molecule has 0 saturated carbocycles. The van der Waals surface area contributed by atoms with E-state index < -0.39 is 10.0 Å². The number of nitrogens with zero attached hydrogens (tertiary/aromatic N) is 1. The van der Waals surface area contributed by atoms with Gasteiger partial charge in [-0.15, -0.1) is 0 Å². The summed E-state index contributed by atoms with van der Waals surface area (Å²) in [5, 5.41) is 0.